The highest BCUT2D eigenvalue weighted by molar-refractivity contribution is 7.99. The number of benzene rings is 1. The Morgan fingerprint density at radius 1 is 1.24 bits per heavy atom. The first kappa shape index (κ1) is 15.4. The van der Waals surface area contributed by atoms with E-state index in [0.29, 0.717) is 6.04 Å². The Bertz CT molecular complexity index is 422. The highest BCUT2D eigenvalue weighted by Gasteiger charge is 2.34. The molecule has 1 saturated heterocycles. The predicted molar refractivity (Wildman–Crippen MR) is 93.1 cm³/mol. The van der Waals surface area contributed by atoms with Gasteiger partial charge in [-0.1, -0.05) is 43.7 Å². The van der Waals surface area contributed by atoms with Crippen molar-refractivity contribution in [1.29, 1.82) is 0 Å². The van der Waals surface area contributed by atoms with Crippen molar-refractivity contribution in [3.05, 3.63) is 35.9 Å². The van der Waals surface area contributed by atoms with Crippen molar-refractivity contribution < 1.29 is 0 Å². The predicted octanol–water partition coefficient (Wildman–Crippen LogP) is 3.18. The van der Waals surface area contributed by atoms with Crippen LogP contribution in [0.15, 0.2) is 30.3 Å². The van der Waals surface area contributed by atoms with Gasteiger partial charge in [-0.05, 0) is 30.6 Å². The highest BCUT2D eigenvalue weighted by Crippen LogP contribution is 2.33. The fourth-order valence-electron chi connectivity index (χ4n) is 3.92. The zero-order valence-electron chi connectivity index (χ0n) is 13.1. The van der Waals surface area contributed by atoms with Crippen LogP contribution in [0.2, 0.25) is 0 Å². The van der Waals surface area contributed by atoms with Crippen molar-refractivity contribution in [3.8, 4) is 0 Å². The molecule has 0 radical (unpaired) electrons. The molecule has 3 unspecified atom stereocenters. The maximum atomic E-state index is 3.72. The van der Waals surface area contributed by atoms with Crippen molar-refractivity contribution in [2.24, 2.45) is 0 Å². The lowest BCUT2D eigenvalue weighted by atomic mass is 10.0. The first-order chi connectivity index (χ1) is 10.4. The summed E-state index contributed by atoms with van der Waals surface area (Å²) in [5.41, 5.74) is 1.46. The van der Waals surface area contributed by atoms with Crippen LogP contribution in [0.5, 0.6) is 0 Å². The summed E-state index contributed by atoms with van der Waals surface area (Å²) in [5.74, 6) is 1.26. The number of hydrogen-bond donors (Lipinski definition) is 1. The van der Waals surface area contributed by atoms with Gasteiger partial charge in [0, 0.05) is 37.0 Å². The van der Waals surface area contributed by atoms with Crippen molar-refractivity contribution in [1.82, 2.24) is 10.2 Å². The largest absolute Gasteiger partial charge is 0.311 e. The summed E-state index contributed by atoms with van der Waals surface area (Å²) >= 11 is 2.18. The van der Waals surface area contributed by atoms with Gasteiger partial charge < -0.3 is 5.32 Å². The minimum Gasteiger partial charge on any atom is -0.311 e. The fraction of sp³-hybridized carbons (Fsp3) is 0.667. The van der Waals surface area contributed by atoms with Crippen LogP contribution >= 0.6 is 11.8 Å². The maximum Gasteiger partial charge on any atom is 0.0236 e. The standard InChI is InChI=1S/C18H28N2S/c1-2-21-18-10-6-9-17(18)20-12-11-19-16(14-20)13-15-7-4-3-5-8-15/h3-5,7-8,16-19H,2,6,9-14H2,1H3. The molecule has 1 aromatic rings. The quantitative estimate of drug-likeness (QED) is 0.899. The zero-order chi connectivity index (χ0) is 14.5. The molecular formula is C18H28N2S. The van der Waals surface area contributed by atoms with E-state index in [1.54, 1.807) is 0 Å². The highest BCUT2D eigenvalue weighted by atomic mass is 32.2. The van der Waals surface area contributed by atoms with Crippen LogP contribution in [0, 0.1) is 0 Å². The van der Waals surface area contributed by atoms with Gasteiger partial charge in [0.2, 0.25) is 0 Å². The molecule has 0 spiro atoms. The van der Waals surface area contributed by atoms with Crippen molar-refractivity contribution in [2.45, 2.75) is 49.9 Å². The van der Waals surface area contributed by atoms with E-state index in [-0.39, 0.29) is 0 Å². The Kier molecular flexibility index (Phi) is 5.61. The smallest absolute Gasteiger partial charge is 0.0236 e. The average Bonchev–Trinajstić information content (AvgIpc) is 2.97. The number of rotatable bonds is 5. The third-order valence-electron chi connectivity index (χ3n) is 4.88. The molecule has 0 aromatic heterocycles. The summed E-state index contributed by atoms with van der Waals surface area (Å²) in [4.78, 5) is 2.78. The molecule has 1 saturated carbocycles. The molecular weight excluding hydrogens is 276 g/mol. The molecule has 1 aliphatic heterocycles. The second-order valence-electron chi connectivity index (χ2n) is 6.33. The van der Waals surface area contributed by atoms with E-state index in [1.807, 2.05) is 0 Å². The number of hydrogen-bond acceptors (Lipinski definition) is 3. The van der Waals surface area contributed by atoms with Gasteiger partial charge in [0.05, 0.1) is 0 Å². The Morgan fingerprint density at radius 3 is 2.90 bits per heavy atom. The third kappa shape index (κ3) is 4.02. The summed E-state index contributed by atoms with van der Waals surface area (Å²) in [6.07, 6.45) is 5.43. The summed E-state index contributed by atoms with van der Waals surface area (Å²) in [5, 5.41) is 4.60. The molecule has 0 amide bonds. The lowest BCUT2D eigenvalue weighted by Gasteiger charge is -2.39. The summed E-state index contributed by atoms with van der Waals surface area (Å²) in [6.45, 7) is 5.91. The van der Waals surface area contributed by atoms with Gasteiger partial charge in [-0.3, -0.25) is 4.90 Å². The minimum atomic E-state index is 0.619. The summed E-state index contributed by atoms with van der Waals surface area (Å²) < 4.78 is 0. The van der Waals surface area contributed by atoms with Crippen LogP contribution in [-0.4, -0.2) is 47.6 Å². The Labute approximate surface area is 133 Å². The van der Waals surface area contributed by atoms with Crippen molar-refractivity contribution in [2.75, 3.05) is 25.4 Å². The molecule has 0 bridgehead atoms. The molecule has 1 aliphatic carbocycles. The van der Waals surface area contributed by atoms with Gasteiger partial charge in [-0.2, -0.15) is 11.8 Å². The third-order valence-corrected chi connectivity index (χ3v) is 6.19. The van der Waals surface area contributed by atoms with Crippen LogP contribution in [0.3, 0.4) is 0 Å². The maximum absolute atomic E-state index is 3.72. The minimum absolute atomic E-state index is 0.619. The molecule has 1 N–H and O–H groups in total. The topological polar surface area (TPSA) is 15.3 Å². The second-order valence-corrected chi connectivity index (χ2v) is 7.84. The monoisotopic (exact) mass is 304 g/mol. The molecule has 3 rings (SSSR count). The lowest BCUT2D eigenvalue weighted by Crippen LogP contribution is -2.55. The van der Waals surface area contributed by atoms with Gasteiger partial charge >= 0.3 is 0 Å². The second kappa shape index (κ2) is 7.66. The van der Waals surface area contributed by atoms with E-state index < -0.39 is 0 Å². The van der Waals surface area contributed by atoms with Gasteiger partial charge in [0.25, 0.3) is 0 Å². The molecule has 1 aromatic carbocycles. The van der Waals surface area contributed by atoms with Gasteiger partial charge in [-0.25, -0.2) is 0 Å². The van der Waals surface area contributed by atoms with Crippen LogP contribution in [0.1, 0.15) is 31.7 Å². The van der Waals surface area contributed by atoms with Gasteiger partial charge in [0.1, 0.15) is 0 Å². The SMILES string of the molecule is CCSC1CCCC1N1CCNC(Cc2ccccc2)C1. The van der Waals surface area contributed by atoms with Crippen LogP contribution < -0.4 is 5.32 Å². The molecule has 3 atom stereocenters. The Hall–Kier alpha value is -0.510. The van der Waals surface area contributed by atoms with Crippen molar-refractivity contribution >= 4 is 11.8 Å². The Balaban J connectivity index is 1.58. The van der Waals surface area contributed by atoms with Crippen LogP contribution in [-0.2, 0) is 6.42 Å². The summed E-state index contributed by atoms with van der Waals surface area (Å²) in [6, 6.07) is 12.4. The average molecular weight is 305 g/mol. The molecule has 2 fully saturated rings. The number of piperazine rings is 1. The molecule has 2 aliphatic rings. The number of thioether (sulfide) groups is 1. The molecule has 2 nitrogen and oxygen atoms in total. The molecule has 1 heterocycles. The van der Waals surface area contributed by atoms with E-state index >= 15 is 0 Å². The number of nitrogens with zero attached hydrogens (tertiary/aromatic N) is 1. The van der Waals surface area contributed by atoms with Crippen LogP contribution in [0.25, 0.3) is 0 Å². The molecule has 21 heavy (non-hydrogen) atoms. The fourth-order valence-corrected chi connectivity index (χ4v) is 5.21. The molecule has 116 valence electrons. The number of nitrogens with one attached hydrogen (secondary N) is 1. The van der Waals surface area contributed by atoms with E-state index in [1.165, 1.54) is 43.7 Å². The zero-order valence-corrected chi connectivity index (χ0v) is 13.9. The van der Waals surface area contributed by atoms with Crippen LogP contribution in [0.4, 0.5) is 0 Å². The lowest BCUT2D eigenvalue weighted by molar-refractivity contribution is 0.147. The van der Waals surface area contributed by atoms with Crippen molar-refractivity contribution in [3.63, 3.8) is 0 Å². The van der Waals surface area contributed by atoms with E-state index in [9.17, 15) is 0 Å². The Morgan fingerprint density at radius 2 is 2.10 bits per heavy atom. The molecule has 3 heteroatoms. The first-order valence-corrected chi connectivity index (χ1v) is 9.54. The van der Waals surface area contributed by atoms with E-state index in [0.717, 1.165) is 24.3 Å². The van der Waals surface area contributed by atoms with Gasteiger partial charge in [-0.15, -0.1) is 0 Å². The first-order valence-electron chi connectivity index (χ1n) is 8.49. The normalized spacial score (nSPS) is 30.6. The van der Waals surface area contributed by atoms with Gasteiger partial charge in [0.15, 0.2) is 0 Å². The van der Waals surface area contributed by atoms with E-state index in [4.69, 9.17) is 0 Å². The summed E-state index contributed by atoms with van der Waals surface area (Å²) in [7, 11) is 0. The van der Waals surface area contributed by atoms with E-state index in [2.05, 4.69) is 59.2 Å².